The third-order valence-corrected chi connectivity index (χ3v) is 2.65. The van der Waals surface area contributed by atoms with E-state index in [9.17, 15) is 0 Å². The van der Waals surface area contributed by atoms with Gasteiger partial charge in [-0.15, -0.1) is 10.2 Å². The first-order chi connectivity index (χ1) is 6.81. The van der Waals surface area contributed by atoms with Crippen molar-refractivity contribution in [3.63, 3.8) is 0 Å². The molecule has 0 saturated carbocycles. The Hall–Kier alpha value is -1.44. The van der Waals surface area contributed by atoms with Gasteiger partial charge in [0.25, 0.3) is 0 Å². The Morgan fingerprint density at radius 1 is 1.43 bits per heavy atom. The number of nitrogens with zero attached hydrogens (tertiary/aromatic N) is 3. The van der Waals surface area contributed by atoms with Crippen molar-refractivity contribution >= 4 is 22.9 Å². The number of benzene rings is 1. The summed E-state index contributed by atoms with van der Waals surface area (Å²) in [4.78, 5) is 0. The maximum absolute atomic E-state index is 8.87. The summed E-state index contributed by atoms with van der Waals surface area (Å²) in [7, 11) is 0. The fourth-order valence-corrected chi connectivity index (χ4v) is 1.84. The summed E-state index contributed by atoms with van der Waals surface area (Å²) >= 11 is 7.22. The molecular weight excluding hydrogens is 218 g/mol. The Kier molecular flexibility index (Phi) is 2.44. The van der Waals surface area contributed by atoms with Gasteiger partial charge in [-0.2, -0.15) is 5.26 Å². The smallest absolute Gasteiger partial charge is 0.148 e. The molecule has 0 atom stereocenters. The highest BCUT2D eigenvalue weighted by Gasteiger charge is 2.08. The van der Waals surface area contributed by atoms with E-state index in [1.807, 2.05) is 0 Å². The Morgan fingerprint density at radius 2 is 2.29 bits per heavy atom. The Labute approximate surface area is 89.6 Å². The molecule has 1 aromatic carbocycles. The standard InChI is InChI=1S/C9H4ClN3S/c10-7-2-1-6(4-11)8(3-7)9-13-12-5-14-9/h1-3,5H. The monoisotopic (exact) mass is 221 g/mol. The molecule has 0 aliphatic heterocycles. The second-order valence-electron chi connectivity index (χ2n) is 2.55. The van der Waals surface area contributed by atoms with E-state index in [4.69, 9.17) is 16.9 Å². The second-order valence-corrected chi connectivity index (χ2v) is 3.82. The Balaban J connectivity index is 2.63. The summed E-state index contributed by atoms with van der Waals surface area (Å²) < 4.78 is 0. The topological polar surface area (TPSA) is 49.6 Å². The molecule has 0 aliphatic rings. The van der Waals surface area contributed by atoms with Gasteiger partial charge in [0.1, 0.15) is 10.5 Å². The summed E-state index contributed by atoms with van der Waals surface area (Å²) in [5.74, 6) is 0. The molecule has 14 heavy (non-hydrogen) atoms. The highest BCUT2D eigenvalue weighted by molar-refractivity contribution is 7.12. The van der Waals surface area contributed by atoms with Gasteiger partial charge in [0.05, 0.1) is 11.6 Å². The van der Waals surface area contributed by atoms with Crippen LogP contribution in [0.5, 0.6) is 0 Å². The number of hydrogen-bond donors (Lipinski definition) is 0. The lowest BCUT2D eigenvalue weighted by atomic mass is 10.1. The summed E-state index contributed by atoms with van der Waals surface area (Å²) in [5, 5.41) is 17.8. The Morgan fingerprint density at radius 3 is 2.93 bits per heavy atom. The molecule has 0 radical (unpaired) electrons. The van der Waals surface area contributed by atoms with Crippen LogP contribution < -0.4 is 0 Å². The van der Waals surface area contributed by atoms with Gasteiger partial charge in [0.2, 0.25) is 0 Å². The summed E-state index contributed by atoms with van der Waals surface area (Å²) in [5.41, 5.74) is 2.92. The molecule has 0 N–H and O–H groups in total. The van der Waals surface area contributed by atoms with Crippen LogP contribution in [0.25, 0.3) is 10.6 Å². The summed E-state index contributed by atoms with van der Waals surface area (Å²) in [6.45, 7) is 0. The van der Waals surface area contributed by atoms with E-state index in [0.29, 0.717) is 15.6 Å². The summed E-state index contributed by atoms with van der Waals surface area (Å²) in [6.07, 6.45) is 0. The van der Waals surface area contributed by atoms with Crippen molar-refractivity contribution in [3.8, 4) is 16.6 Å². The average molecular weight is 222 g/mol. The maximum Gasteiger partial charge on any atom is 0.148 e. The Bertz CT molecular complexity index is 487. The molecule has 0 saturated heterocycles. The highest BCUT2D eigenvalue weighted by Crippen LogP contribution is 2.27. The van der Waals surface area contributed by atoms with Crippen LogP contribution in [0, 0.1) is 11.3 Å². The van der Waals surface area contributed by atoms with Gasteiger partial charge in [-0.3, -0.25) is 0 Å². The van der Waals surface area contributed by atoms with Gasteiger partial charge in [0.15, 0.2) is 0 Å². The van der Waals surface area contributed by atoms with E-state index >= 15 is 0 Å². The third kappa shape index (κ3) is 1.60. The first-order valence-corrected chi connectivity index (χ1v) is 5.03. The van der Waals surface area contributed by atoms with Crippen LogP contribution in [-0.2, 0) is 0 Å². The third-order valence-electron chi connectivity index (χ3n) is 1.69. The van der Waals surface area contributed by atoms with Crippen LogP contribution in [0.1, 0.15) is 5.56 Å². The van der Waals surface area contributed by atoms with Crippen LogP contribution in [0.3, 0.4) is 0 Å². The molecule has 0 spiro atoms. The zero-order valence-electron chi connectivity index (χ0n) is 6.94. The van der Waals surface area contributed by atoms with Crippen LogP contribution in [0.2, 0.25) is 5.02 Å². The van der Waals surface area contributed by atoms with E-state index in [1.165, 1.54) is 11.3 Å². The first kappa shape index (κ1) is 9.13. The molecule has 0 fully saturated rings. The fourth-order valence-electron chi connectivity index (χ4n) is 1.08. The normalized spacial score (nSPS) is 9.71. The number of aromatic nitrogens is 2. The van der Waals surface area contributed by atoms with Crippen LogP contribution in [0.15, 0.2) is 23.7 Å². The SMILES string of the molecule is N#Cc1ccc(Cl)cc1-c1nncs1. The zero-order chi connectivity index (χ0) is 9.97. The number of hydrogen-bond acceptors (Lipinski definition) is 4. The lowest BCUT2D eigenvalue weighted by molar-refractivity contribution is 1.09. The minimum Gasteiger partial charge on any atom is -0.192 e. The quantitative estimate of drug-likeness (QED) is 0.744. The molecule has 1 heterocycles. The number of halogens is 1. The van der Waals surface area contributed by atoms with Crippen molar-refractivity contribution in [2.75, 3.05) is 0 Å². The molecule has 2 rings (SSSR count). The van der Waals surface area contributed by atoms with Gasteiger partial charge in [-0.1, -0.05) is 22.9 Å². The largest absolute Gasteiger partial charge is 0.192 e. The number of nitriles is 1. The molecule has 2 aromatic rings. The van der Waals surface area contributed by atoms with Crippen molar-refractivity contribution in [3.05, 3.63) is 34.3 Å². The van der Waals surface area contributed by atoms with Gasteiger partial charge in [-0.05, 0) is 18.2 Å². The van der Waals surface area contributed by atoms with Crippen molar-refractivity contribution in [2.45, 2.75) is 0 Å². The highest BCUT2D eigenvalue weighted by atomic mass is 35.5. The predicted octanol–water partition coefficient (Wildman–Crippen LogP) is 2.73. The van der Waals surface area contributed by atoms with E-state index in [0.717, 1.165) is 5.56 Å². The molecule has 0 amide bonds. The molecule has 0 aliphatic carbocycles. The molecule has 3 nitrogen and oxygen atoms in total. The molecule has 0 unspecified atom stereocenters. The molecule has 68 valence electrons. The number of rotatable bonds is 1. The summed E-state index contributed by atoms with van der Waals surface area (Å²) in [6, 6.07) is 7.18. The van der Waals surface area contributed by atoms with Crippen LogP contribution >= 0.6 is 22.9 Å². The van der Waals surface area contributed by atoms with Crippen molar-refractivity contribution in [2.24, 2.45) is 0 Å². The minimum atomic E-state index is 0.561. The second kappa shape index (κ2) is 3.74. The van der Waals surface area contributed by atoms with Crippen LogP contribution in [-0.4, -0.2) is 10.2 Å². The van der Waals surface area contributed by atoms with Gasteiger partial charge in [-0.25, -0.2) is 0 Å². The minimum absolute atomic E-state index is 0.561. The zero-order valence-corrected chi connectivity index (χ0v) is 8.51. The van der Waals surface area contributed by atoms with E-state index in [-0.39, 0.29) is 0 Å². The molecule has 1 aromatic heterocycles. The fraction of sp³-hybridized carbons (Fsp3) is 0. The predicted molar refractivity (Wildman–Crippen MR) is 55.1 cm³/mol. The average Bonchev–Trinajstić information content (AvgIpc) is 2.70. The van der Waals surface area contributed by atoms with E-state index in [1.54, 1.807) is 23.7 Å². The van der Waals surface area contributed by atoms with Crippen molar-refractivity contribution in [1.29, 1.82) is 5.26 Å². The van der Waals surface area contributed by atoms with E-state index < -0.39 is 0 Å². The van der Waals surface area contributed by atoms with Gasteiger partial charge < -0.3 is 0 Å². The molecular formula is C9H4ClN3S. The van der Waals surface area contributed by atoms with Crippen LogP contribution in [0.4, 0.5) is 0 Å². The molecule has 0 bridgehead atoms. The van der Waals surface area contributed by atoms with Crippen molar-refractivity contribution in [1.82, 2.24) is 10.2 Å². The lowest BCUT2D eigenvalue weighted by Crippen LogP contribution is -1.83. The van der Waals surface area contributed by atoms with Gasteiger partial charge in [0, 0.05) is 10.6 Å². The first-order valence-electron chi connectivity index (χ1n) is 3.77. The van der Waals surface area contributed by atoms with Crippen molar-refractivity contribution < 1.29 is 0 Å². The maximum atomic E-state index is 8.87. The van der Waals surface area contributed by atoms with Gasteiger partial charge >= 0.3 is 0 Å². The lowest BCUT2D eigenvalue weighted by Gasteiger charge is -1.98. The van der Waals surface area contributed by atoms with E-state index in [2.05, 4.69) is 16.3 Å². The molecule has 5 heteroatoms.